The number of hydrogen-bond donors (Lipinski definition) is 2. The fraction of sp³-hybridized carbons (Fsp3) is 0.158. The Morgan fingerprint density at radius 2 is 1.90 bits per heavy atom. The summed E-state index contributed by atoms with van der Waals surface area (Å²) in [5, 5.41) is 2.56. The highest BCUT2D eigenvalue weighted by Crippen LogP contribution is 2.30. The van der Waals surface area contributed by atoms with Crippen molar-refractivity contribution in [2.75, 3.05) is 4.72 Å². The molecule has 10 heteroatoms. The Morgan fingerprint density at radius 3 is 2.59 bits per heavy atom. The summed E-state index contributed by atoms with van der Waals surface area (Å²) < 4.78 is 27.3. The Morgan fingerprint density at radius 1 is 1.14 bits per heavy atom. The van der Waals surface area contributed by atoms with Crippen molar-refractivity contribution in [1.82, 2.24) is 15.2 Å². The molecular weight excluding hydrogens is 396 g/mol. The van der Waals surface area contributed by atoms with Crippen LogP contribution in [0.15, 0.2) is 59.9 Å². The van der Waals surface area contributed by atoms with Crippen LogP contribution in [0.5, 0.6) is 0 Å². The zero-order valence-electron chi connectivity index (χ0n) is 15.1. The summed E-state index contributed by atoms with van der Waals surface area (Å²) in [6.45, 7) is 3.68. The highest BCUT2D eigenvalue weighted by atomic mass is 32.2. The van der Waals surface area contributed by atoms with Gasteiger partial charge in [0, 0.05) is 23.8 Å². The molecule has 2 aliphatic rings. The van der Waals surface area contributed by atoms with Crippen LogP contribution in [0.1, 0.15) is 33.6 Å². The summed E-state index contributed by atoms with van der Waals surface area (Å²) in [5.74, 6) is -1.69. The van der Waals surface area contributed by atoms with Gasteiger partial charge in [-0.1, -0.05) is 6.58 Å². The zero-order chi connectivity index (χ0) is 20.8. The van der Waals surface area contributed by atoms with E-state index in [0.717, 1.165) is 4.90 Å². The van der Waals surface area contributed by atoms with Crippen molar-refractivity contribution < 1.29 is 22.8 Å². The molecule has 9 nitrogen and oxygen atoms in total. The highest BCUT2D eigenvalue weighted by Gasteiger charge is 2.44. The van der Waals surface area contributed by atoms with Gasteiger partial charge in [-0.2, -0.15) is 0 Å². The van der Waals surface area contributed by atoms with Gasteiger partial charge in [0.1, 0.15) is 10.9 Å². The molecule has 2 aromatic rings. The van der Waals surface area contributed by atoms with E-state index in [1.165, 1.54) is 42.7 Å². The van der Waals surface area contributed by atoms with Crippen LogP contribution in [0.25, 0.3) is 0 Å². The van der Waals surface area contributed by atoms with Crippen LogP contribution in [-0.4, -0.2) is 42.1 Å². The van der Waals surface area contributed by atoms with Gasteiger partial charge < -0.3 is 5.32 Å². The first kappa shape index (κ1) is 18.8. The number of amides is 3. The van der Waals surface area contributed by atoms with Crippen molar-refractivity contribution in [3.63, 3.8) is 0 Å². The first-order chi connectivity index (χ1) is 13.8. The van der Waals surface area contributed by atoms with Crippen molar-refractivity contribution >= 4 is 33.4 Å². The predicted octanol–water partition coefficient (Wildman–Crippen LogP) is 1.27. The van der Waals surface area contributed by atoms with Crippen LogP contribution < -0.4 is 10.0 Å². The van der Waals surface area contributed by atoms with Crippen molar-refractivity contribution in [2.45, 2.75) is 23.8 Å². The summed E-state index contributed by atoms with van der Waals surface area (Å²) >= 11 is 0. The number of rotatable bonds is 4. The SMILES string of the molecule is C=C1CCC(N2C(=O)c3ccc(NS(=O)(=O)c4cccnc4)cc3C2=O)C(=O)N1. The fourth-order valence-electron chi connectivity index (χ4n) is 3.33. The zero-order valence-corrected chi connectivity index (χ0v) is 15.9. The number of imide groups is 1. The van der Waals surface area contributed by atoms with Gasteiger partial charge >= 0.3 is 0 Å². The molecule has 0 saturated carbocycles. The van der Waals surface area contributed by atoms with Crippen LogP contribution in [0.4, 0.5) is 5.69 Å². The van der Waals surface area contributed by atoms with Crippen LogP contribution in [0, 0.1) is 0 Å². The molecule has 2 N–H and O–H groups in total. The molecule has 1 unspecified atom stereocenters. The number of allylic oxidation sites excluding steroid dienone is 1. The molecule has 3 amide bonds. The third-order valence-electron chi connectivity index (χ3n) is 4.75. The molecule has 4 rings (SSSR count). The number of fused-ring (bicyclic) bond motifs is 1. The third kappa shape index (κ3) is 3.27. The predicted molar refractivity (Wildman–Crippen MR) is 102 cm³/mol. The van der Waals surface area contributed by atoms with E-state index in [-0.39, 0.29) is 28.1 Å². The van der Waals surface area contributed by atoms with Gasteiger partial charge in [0.2, 0.25) is 5.91 Å². The minimum atomic E-state index is -3.91. The molecular formula is C19H16N4O5S. The standard InChI is InChI=1S/C19H16N4O5S/c1-11-4-7-16(17(24)21-11)23-18(25)14-6-5-12(9-15(14)19(23)26)22-29(27,28)13-3-2-8-20-10-13/h2-3,5-6,8-10,16,22H,1,4,7H2,(H,21,24). The Hall–Kier alpha value is -3.53. The van der Waals surface area contributed by atoms with Gasteiger partial charge in [-0.05, 0) is 43.2 Å². The van der Waals surface area contributed by atoms with E-state index in [4.69, 9.17) is 0 Å². The average Bonchev–Trinajstić information content (AvgIpc) is 2.93. The van der Waals surface area contributed by atoms with E-state index in [1.54, 1.807) is 0 Å². The number of pyridine rings is 1. The van der Waals surface area contributed by atoms with Gasteiger partial charge in [0.05, 0.1) is 11.1 Å². The second-order valence-corrected chi connectivity index (χ2v) is 8.36. The van der Waals surface area contributed by atoms with E-state index < -0.39 is 33.8 Å². The number of aromatic nitrogens is 1. The second-order valence-electron chi connectivity index (χ2n) is 6.68. The monoisotopic (exact) mass is 412 g/mol. The number of sulfonamides is 1. The maximum absolute atomic E-state index is 12.8. The molecule has 1 aromatic carbocycles. The van der Waals surface area contributed by atoms with Crippen LogP contribution in [0.3, 0.4) is 0 Å². The largest absolute Gasteiger partial charge is 0.329 e. The summed E-state index contributed by atoms with van der Waals surface area (Å²) in [5.41, 5.74) is 0.821. The number of carbonyl (C=O) groups is 3. The summed E-state index contributed by atoms with van der Waals surface area (Å²) in [6, 6.07) is 6.00. The van der Waals surface area contributed by atoms with Gasteiger partial charge in [-0.3, -0.25) is 29.0 Å². The number of benzene rings is 1. The summed E-state index contributed by atoms with van der Waals surface area (Å²) in [6.07, 6.45) is 3.39. The smallest absolute Gasteiger partial charge is 0.263 e. The molecule has 148 valence electrons. The van der Waals surface area contributed by atoms with Crippen molar-refractivity contribution in [3.8, 4) is 0 Å². The van der Waals surface area contributed by atoms with E-state index in [0.29, 0.717) is 12.1 Å². The lowest BCUT2D eigenvalue weighted by Crippen LogP contribution is -2.51. The van der Waals surface area contributed by atoms with Gasteiger partial charge in [-0.25, -0.2) is 8.42 Å². The maximum atomic E-state index is 12.8. The van der Waals surface area contributed by atoms with Gasteiger partial charge in [-0.15, -0.1) is 0 Å². The van der Waals surface area contributed by atoms with Crippen molar-refractivity contribution in [2.24, 2.45) is 0 Å². The molecule has 0 spiro atoms. The average molecular weight is 412 g/mol. The number of nitrogens with one attached hydrogen (secondary N) is 2. The lowest BCUT2D eigenvalue weighted by atomic mass is 10.0. The molecule has 29 heavy (non-hydrogen) atoms. The van der Waals surface area contributed by atoms with Crippen LogP contribution in [0.2, 0.25) is 0 Å². The Bertz CT molecular complexity index is 1160. The molecule has 0 bridgehead atoms. The Kier molecular flexibility index (Phi) is 4.42. The molecule has 3 heterocycles. The second kappa shape index (κ2) is 6.82. The molecule has 0 aliphatic carbocycles. The third-order valence-corrected chi connectivity index (χ3v) is 6.12. The Balaban J connectivity index is 1.62. The van der Waals surface area contributed by atoms with E-state index >= 15 is 0 Å². The fourth-order valence-corrected chi connectivity index (χ4v) is 4.35. The van der Waals surface area contributed by atoms with Gasteiger partial charge in [0.15, 0.2) is 0 Å². The minimum absolute atomic E-state index is 0.0383. The quantitative estimate of drug-likeness (QED) is 0.729. The normalized spacial score (nSPS) is 19.2. The number of anilines is 1. The molecule has 1 fully saturated rings. The van der Waals surface area contributed by atoms with E-state index in [1.807, 2.05) is 0 Å². The van der Waals surface area contributed by atoms with E-state index in [2.05, 4.69) is 21.6 Å². The molecule has 1 aromatic heterocycles. The number of nitrogens with zero attached hydrogens (tertiary/aromatic N) is 2. The molecule has 1 saturated heterocycles. The van der Waals surface area contributed by atoms with E-state index in [9.17, 15) is 22.8 Å². The lowest BCUT2D eigenvalue weighted by molar-refractivity contribution is -0.125. The maximum Gasteiger partial charge on any atom is 0.263 e. The number of hydrogen-bond acceptors (Lipinski definition) is 6. The highest BCUT2D eigenvalue weighted by molar-refractivity contribution is 7.92. The first-order valence-corrected chi connectivity index (χ1v) is 10.2. The molecule has 1 atom stereocenters. The van der Waals surface area contributed by atoms with Crippen LogP contribution >= 0.6 is 0 Å². The number of piperidine rings is 1. The van der Waals surface area contributed by atoms with Crippen molar-refractivity contribution in [3.05, 3.63) is 66.1 Å². The van der Waals surface area contributed by atoms with Gasteiger partial charge in [0.25, 0.3) is 21.8 Å². The number of carbonyl (C=O) groups excluding carboxylic acids is 3. The summed E-state index contributed by atoms with van der Waals surface area (Å²) in [4.78, 5) is 42.4. The van der Waals surface area contributed by atoms with Crippen LogP contribution in [-0.2, 0) is 14.8 Å². The Labute approximate surface area is 166 Å². The topological polar surface area (TPSA) is 126 Å². The molecule has 0 radical (unpaired) electrons. The van der Waals surface area contributed by atoms with Crippen molar-refractivity contribution in [1.29, 1.82) is 0 Å². The first-order valence-electron chi connectivity index (χ1n) is 8.71. The minimum Gasteiger partial charge on any atom is -0.329 e. The summed E-state index contributed by atoms with van der Waals surface area (Å²) in [7, 11) is -3.91. The lowest BCUT2D eigenvalue weighted by Gasteiger charge is -2.29. The molecule has 2 aliphatic heterocycles.